The predicted molar refractivity (Wildman–Crippen MR) is 152 cm³/mol. The van der Waals surface area contributed by atoms with Gasteiger partial charge in [0.1, 0.15) is 5.75 Å². The molecule has 0 amide bonds. The van der Waals surface area contributed by atoms with Crippen LogP contribution in [0, 0.1) is 17.9 Å². The number of nitriles is 1. The van der Waals surface area contributed by atoms with Crippen molar-refractivity contribution in [3.8, 4) is 11.8 Å². The quantitative estimate of drug-likeness (QED) is 0.181. The van der Waals surface area contributed by atoms with E-state index in [1.807, 2.05) is 24.3 Å². The second-order valence-corrected chi connectivity index (χ2v) is 8.45. The van der Waals surface area contributed by atoms with Gasteiger partial charge in [0.15, 0.2) is 5.69 Å². The number of rotatable bonds is 6. The summed E-state index contributed by atoms with van der Waals surface area (Å²) in [7, 11) is 1.67. The molecule has 0 N–H and O–H groups in total. The van der Waals surface area contributed by atoms with Crippen LogP contribution < -0.4 is 9.64 Å². The normalized spacial score (nSPS) is 10.7. The number of anilines is 3. The van der Waals surface area contributed by atoms with Gasteiger partial charge in [0.2, 0.25) is 0 Å². The Morgan fingerprint density at radius 1 is 0.811 bits per heavy atom. The smallest absolute Gasteiger partial charge is 0.194 e. The average molecular weight is 478 g/mol. The second-order valence-electron chi connectivity index (χ2n) is 8.45. The third-order valence-electron chi connectivity index (χ3n) is 6.22. The fourth-order valence-electron chi connectivity index (χ4n) is 4.34. The standard InChI is InChI=1S/C33H23N3O/c1-35-32-21-13-25(23-34)22-27(32)14-10-24-11-15-28(16-12-24)36(29-17-19-30(37-2)20-18-29)33-9-5-7-26-6-3-4-8-31(26)33/h3-22H,2H3. The van der Waals surface area contributed by atoms with Gasteiger partial charge in [-0.25, -0.2) is 4.85 Å². The highest BCUT2D eigenvalue weighted by molar-refractivity contribution is 5.99. The van der Waals surface area contributed by atoms with Gasteiger partial charge in [-0.1, -0.05) is 72.8 Å². The number of methoxy groups -OCH3 is 1. The van der Waals surface area contributed by atoms with E-state index in [0.717, 1.165) is 39.3 Å². The average Bonchev–Trinajstić information content (AvgIpc) is 2.97. The molecule has 0 aliphatic carbocycles. The van der Waals surface area contributed by atoms with Gasteiger partial charge in [0.25, 0.3) is 0 Å². The minimum atomic E-state index is 0.522. The molecule has 0 atom stereocenters. The third kappa shape index (κ3) is 4.91. The van der Waals surface area contributed by atoms with Crippen molar-refractivity contribution in [3.63, 3.8) is 0 Å². The van der Waals surface area contributed by atoms with Crippen LogP contribution in [0.2, 0.25) is 0 Å². The number of fused-ring (bicyclic) bond motifs is 1. The monoisotopic (exact) mass is 477 g/mol. The highest BCUT2D eigenvalue weighted by atomic mass is 16.5. The van der Waals surface area contributed by atoms with E-state index in [-0.39, 0.29) is 0 Å². The Labute approximate surface area is 216 Å². The molecule has 4 nitrogen and oxygen atoms in total. The lowest BCUT2D eigenvalue weighted by Gasteiger charge is -2.27. The zero-order valence-electron chi connectivity index (χ0n) is 20.3. The van der Waals surface area contributed by atoms with Gasteiger partial charge in [-0.2, -0.15) is 5.26 Å². The van der Waals surface area contributed by atoms with E-state index >= 15 is 0 Å². The zero-order chi connectivity index (χ0) is 25.6. The molecule has 0 saturated carbocycles. The molecular formula is C33H23N3O. The fraction of sp³-hybridized carbons (Fsp3) is 0.0303. The summed E-state index contributed by atoms with van der Waals surface area (Å²) in [5, 5.41) is 11.5. The van der Waals surface area contributed by atoms with E-state index in [1.54, 1.807) is 25.3 Å². The maximum absolute atomic E-state index is 9.21. The Kier molecular flexibility index (Phi) is 6.66. The summed E-state index contributed by atoms with van der Waals surface area (Å²) >= 11 is 0. The summed E-state index contributed by atoms with van der Waals surface area (Å²) in [6.45, 7) is 7.41. The molecule has 0 heterocycles. The van der Waals surface area contributed by atoms with Crippen LogP contribution in [0.15, 0.2) is 109 Å². The maximum Gasteiger partial charge on any atom is 0.194 e. The summed E-state index contributed by atoms with van der Waals surface area (Å²) in [5.41, 5.74) is 5.91. The van der Waals surface area contributed by atoms with Crippen LogP contribution in [-0.2, 0) is 0 Å². The lowest BCUT2D eigenvalue weighted by Crippen LogP contribution is -2.10. The number of hydrogen-bond donors (Lipinski definition) is 0. The first-order chi connectivity index (χ1) is 18.2. The first-order valence-corrected chi connectivity index (χ1v) is 11.8. The molecule has 0 radical (unpaired) electrons. The van der Waals surface area contributed by atoms with Crippen LogP contribution in [0.5, 0.6) is 5.75 Å². The zero-order valence-corrected chi connectivity index (χ0v) is 20.3. The molecule has 0 aliphatic heterocycles. The van der Waals surface area contributed by atoms with Gasteiger partial charge in [-0.05, 0) is 65.0 Å². The minimum absolute atomic E-state index is 0.522. The lowest BCUT2D eigenvalue weighted by atomic mass is 10.1. The molecule has 37 heavy (non-hydrogen) atoms. The van der Waals surface area contributed by atoms with Gasteiger partial charge in [-0.3, -0.25) is 0 Å². The van der Waals surface area contributed by atoms with Crippen LogP contribution >= 0.6 is 0 Å². The van der Waals surface area contributed by atoms with Gasteiger partial charge in [0, 0.05) is 16.8 Å². The van der Waals surface area contributed by atoms with Gasteiger partial charge in [-0.15, -0.1) is 0 Å². The highest BCUT2D eigenvalue weighted by Crippen LogP contribution is 2.39. The van der Waals surface area contributed by atoms with Crippen molar-refractivity contribution in [2.45, 2.75) is 0 Å². The maximum atomic E-state index is 9.21. The van der Waals surface area contributed by atoms with E-state index in [1.165, 1.54) is 5.39 Å². The van der Waals surface area contributed by atoms with Crippen LogP contribution in [0.3, 0.4) is 0 Å². The Morgan fingerprint density at radius 3 is 2.22 bits per heavy atom. The van der Waals surface area contributed by atoms with Crippen molar-refractivity contribution in [2.75, 3.05) is 12.0 Å². The van der Waals surface area contributed by atoms with E-state index in [9.17, 15) is 5.26 Å². The first kappa shape index (κ1) is 23.4. The van der Waals surface area contributed by atoms with Crippen LogP contribution in [0.1, 0.15) is 16.7 Å². The van der Waals surface area contributed by atoms with Crippen LogP contribution in [0.4, 0.5) is 22.7 Å². The van der Waals surface area contributed by atoms with Crippen molar-refractivity contribution in [1.29, 1.82) is 5.26 Å². The molecule has 0 unspecified atom stereocenters. The summed E-state index contributed by atoms with van der Waals surface area (Å²) in [6.07, 6.45) is 3.85. The molecule has 0 aromatic heterocycles. The topological polar surface area (TPSA) is 40.6 Å². The summed E-state index contributed by atoms with van der Waals surface area (Å²) in [6, 6.07) is 38.3. The van der Waals surface area contributed by atoms with Crippen molar-refractivity contribution < 1.29 is 4.74 Å². The molecule has 4 heteroatoms. The molecule has 5 aromatic rings. The highest BCUT2D eigenvalue weighted by Gasteiger charge is 2.15. The predicted octanol–water partition coefficient (Wildman–Crippen LogP) is 8.91. The van der Waals surface area contributed by atoms with Gasteiger partial charge >= 0.3 is 0 Å². The van der Waals surface area contributed by atoms with Gasteiger partial charge < -0.3 is 9.64 Å². The molecule has 0 fully saturated rings. The van der Waals surface area contributed by atoms with E-state index in [2.05, 4.69) is 94.7 Å². The van der Waals surface area contributed by atoms with E-state index in [0.29, 0.717) is 11.3 Å². The van der Waals surface area contributed by atoms with Crippen molar-refractivity contribution >= 4 is 45.7 Å². The Hall–Kier alpha value is -5.32. The van der Waals surface area contributed by atoms with Crippen molar-refractivity contribution in [2.24, 2.45) is 0 Å². The summed E-state index contributed by atoms with van der Waals surface area (Å²) < 4.78 is 5.38. The van der Waals surface area contributed by atoms with Crippen molar-refractivity contribution in [1.82, 2.24) is 0 Å². The Bertz CT molecular complexity index is 1670. The van der Waals surface area contributed by atoms with Crippen molar-refractivity contribution in [3.05, 3.63) is 137 Å². The largest absolute Gasteiger partial charge is 0.497 e. The van der Waals surface area contributed by atoms with E-state index < -0.39 is 0 Å². The molecule has 0 aliphatic rings. The molecule has 5 rings (SSSR count). The van der Waals surface area contributed by atoms with Crippen LogP contribution in [0.25, 0.3) is 27.8 Å². The Morgan fingerprint density at radius 2 is 1.51 bits per heavy atom. The Balaban J connectivity index is 1.54. The van der Waals surface area contributed by atoms with Crippen LogP contribution in [-0.4, -0.2) is 7.11 Å². The molecule has 0 bridgehead atoms. The summed E-state index contributed by atoms with van der Waals surface area (Å²) in [5.74, 6) is 0.807. The number of benzene rings is 5. The second kappa shape index (κ2) is 10.5. The molecule has 5 aromatic carbocycles. The molecule has 176 valence electrons. The SMILES string of the molecule is [C-]#[N+]c1ccc(C#N)cc1C=Cc1ccc(N(c2ccc(OC)cc2)c2cccc3ccccc23)cc1. The first-order valence-electron chi connectivity index (χ1n) is 11.8. The van der Waals surface area contributed by atoms with E-state index in [4.69, 9.17) is 11.3 Å². The lowest BCUT2D eigenvalue weighted by molar-refractivity contribution is 0.415. The minimum Gasteiger partial charge on any atom is -0.497 e. The molecule has 0 saturated heterocycles. The van der Waals surface area contributed by atoms with Gasteiger partial charge in [0.05, 0.1) is 31.0 Å². The molecular weight excluding hydrogens is 454 g/mol. The number of hydrogen-bond acceptors (Lipinski definition) is 3. The molecule has 0 spiro atoms. The summed E-state index contributed by atoms with van der Waals surface area (Å²) in [4.78, 5) is 5.81. The third-order valence-corrected chi connectivity index (χ3v) is 6.22. The fourth-order valence-corrected chi connectivity index (χ4v) is 4.34. The number of nitrogens with zero attached hydrogens (tertiary/aromatic N) is 3. The number of ether oxygens (including phenoxy) is 1.